The lowest BCUT2D eigenvalue weighted by atomic mass is 9.86. The molecule has 0 unspecified atom stereocenters. The minimum atomic E-state index is -4.67. The molecular weight excluding hydrogens is 533 g/mol. The molecule has 0 spiro atoms. The maximum absolute atomic E-state index is 14.0. The van der Waals surface area contributed by atoms with Gasteiger partial charge in [0.05, 0.1) is 30.5 Å². The SMILES string of the molecule is CC(C)OC(=O)C1=CN(C(=O)c2ccc(OCCN3CCOCC3)cc2)CC(C)(C)c2scc(C(F)(F)F)c21. The van der Waals surface area contributed by atoms with Gasteiger partial charge in [-0.3, -0.25) is 9.69 Å². The Morgan fingerprint density at radius 1 is 1.13 bits per heavy atom. The molecule has 0 N–H and O–H groups in total. The number of amides is 1. The zero-order valence-electron chi connectivity index (χ0n) is 22.5. The number of rotatable bonds is 7. The Hall–Kier alpha value is -2.89. The molecule has 212 valence electrons. The molecule has 7 nitrogen and oxygen atoms in total. The molecule has 0 bridgehead atoms. The van der Waals surface area contributed by atoms with E-state index in [1.54, 1.807) is 52.0 Å². The van der Waals surface area contributed by atoms with Crippen LogP contribution in [0.5, 0.6) is 5.75 Å². The summed E-state index contributed by atoms with van der Waals surface area (Å²) in [4.78, 5) is 30.6. The fourth-order valence-electron chi connectivity index (χ4n) is 4.64. The monoisotopic (exact) mass is 566 g/mol. The molecular formula is C28H33F3N2O5S. The molecule has 0 saturated carbocycles. The summed E-state index contributed by atoms with van der Waals surface area (Å²) in [6.07, 6.45) is -4.02. The summed E-state index contributed by atoms with van der Waals surface area (Å²) in [6.45, 7) is 11.2. The van der Waals surface area contributed by atoms with Gasteiger partial charge in [0.25, 0.3) is 5.91 Å². The van der Waals surface area contributed by atoms with Crippen molar-refractivity contribution in [1.82, 2.24) is 9.80 Å². The van der Waals surface area contributed by atoms with Gasteiger partial charge in [-0.15, -0.1) is 11.3 Å². The van der Waals surface area contributed by atoms with Crippen LogP contribution in [0.25, 0.3) is 5.57 Å². The molecule has 2 aliphatic rings. The topological polar surface area (TPSA) is 68.3 Å². The number of carbonyl (C=O) groups excluding carboxylic acids is 2. The fourth-order valence-corrected chi connectivity index (χ4v) is 5.84. The molecule has 0 radical (unpaired) electrons. The number of hydrogen-bond donors (Lipinski definition) is 0. The smallest absolute Gasteiger partial charge is 0.417 e. The van der Waals surface area contributed by atoms with Crippen LogP contribution in [0.15, 0.2) is 35.8 Å². The molecule has 2 aromatic rings. The fraction of sp³-hybridized carbons (Fsp3) is 0.500. The highest BCUT2D eigenvalue weighted by atomic mass is 32.1. The van der Waals surface area contributed by atoms with E-state index in [4.69, 9.17) is 14.2 Å². The number of fused-ring (bicyclic) bond motifs is 1. The molecule has 11 heteroatoms. The van der Waals surface area contributed by atoms with Crippen molar-refractivity contribution >= 4 is 28.8 Å². The van der Waals surface area contributed by atoms with Gasteiger partial charge < -0.3 is 19.1 Å². The number of morpholine rings is 1. The van der Waals surface area contributed by atoms with Gasteiger partial charge in [0, 0.05) is 59.2 Å². The number of thiophene rings is 1. The van der Waals surface area contributed by atoms with Gasteiger partial charge >= 0.3 is 12.1 Å². The first-order chi connectivity index (χ1) is 18.4. The van der Waals surface area contributed by atoms with Gasteiger partial charge in [-0.2, -0.15) is 13.2 Å². The van der Waals surface area contributed by atoms with E-state index in [0.717, 1.165) is 36.4 Å². The van der Waals surface area contributed by atoms with Crippen LogP contribution in [0.4, 0.5) is 13.2 Å². The molecule has 1 amide bonds. The third-order valence-electron chi connectivity index (χ3n) is 6.54. The van der Waals surface area contributed by atoms with Crippen LogP contribution in [-0.2, 0) is 25.9 Å². The summed E-state index contributed by atoms with van der Waals surface area (Å²) in [5.74, 6) is -0.749. The molecule has 2 aliphatic heterocycles. The summed E-state index contributed by atoms with van der Waals surface area (Å²) in [6, 6.07) is 6.60. The summed E-state index contributed by atoms with van der Waals surface area (Å²) < 4.78 is 58.4. The average molecular weight is 567 g/mol. The van der Waals surface area contributed by atoms with Crippen molar-refractivity contribution in [3.05, 3.63) is 57.4 Å². The molecule has 1 aromatic heterocycles. The Labute approximate surface area is 230 Å². The number of ether oxygens (including phenoxy) is 3. The molecule has 1 fully saturated rings. The minimum Gasteiger partial charge on any atom is -0.492 e. The lowest BCUT2D eigenvalue weighted by Crippen LogP contribution is -2.38. The zero-order chi connectivity index (χ0) is 28.4. The minimum absolute atomic E-state index is 0.0763. The normalized spacial score (nSPS) is 17.8. The predicted molar refractivity (Wildman–Crippen MR) is 142 cm³/mol. The Kier molecular flexibility index (Phi) is 8.72. The predicted octanol–water partition coefficient (Wildman–Crippen LogP) is 5.20. The van der Waals surface area contributed by atoms with E-state index in [9.17, 15) is 22.8 Å². The van der Waals surface area contributed by atoms with E-state index in [1.807, 2.05) is 0 Å². The highest BCUT2D eigenvalue weighted by molar-refractivity contribution is 7.10. The molecule has 4 rings (SSSR count). The molecule has 0 atom stereocenters. The van der Waals surface area contributed by atoms with Crippen LogP contribution < -0.4 is 4.74 Å². The van der Waals surface area contributed by atoms with Gasteiger partial charge in [-0.25, -0.2) is 4.79 Å². The highest BCUT2D eigenvalue weighted by Gasteiger charge is 2.44. The highest BCUT2D eigenvalue weighted by Crippen LogP contribution is 2.47. The van der Waals surface area contributed by atoms with Crippen LogP contribution in [0, 0.1) is 0 Å². The molecule has 0 aliphatic carbocycles. The second kappa shape index (κ2) is 11.7. The van der Waals surface area contributed by atoms with Crippen LogP contribution in [0.3, 0.4) is 0 Å². The van der Waals surface area contributed by atoms with E-state index in [0.29, 0.717) is 36.0 Å². The first-order valence-electron chi connectivity index (χ1n) is 12.8. The van der Waals surface area contributed by atoms with Crippen molar-refractivity contribution in [3.8, 4) is 5.75 Å². The molecule has 1 aromatic carbocycles. The molecule has 1 saturated heterocycles. The van der Waals surface area contributed by atoms with Gasteiger partial charge in [0.2, 0.25) is 0 Å². The number of esters is 1. The van der Waals surface area contributed by atoms with Crippen LogP contribution in [0.1, 0.15) is 54.1 Å². The molecule has 3 heterocycles. The number of carbonyl (C=O) groups is 2. The van der Waals surface area contributed by atoms with E-state index >= 15 is 0 Å². The maximum Gasteiger partial charge on any atom is 0.417 e. The molecule has 39 heavy (non-hydrogen) atoms. The first kappa shape index (κ1) is 29.1. The van der Waals surface area contributed by atoms with E-state index in [-0.39, 0.29) is 17.7 Å². The van der Waals surface area contributed by atoms with Gasteiger partial charge in [0.15, 0.2) is 0 Å². The second-order valence-corrected chi connectivity index (χ2v) is 11.4. The Morgan fingerprint density at radius 2 is 1.79 bits per heavy atom. The van der Waals surface area contributed by atoms with E-state index in [2.05, 4.69) is 4.90 Å². The number of benzene rings is 1. The van der Waals surface area contributed by atoms with Crippen molar-refractivity contribution in [2.45, 2.75) is 45.4 Å². The van der Waals surface area contributed by atoms with Crippen molar-refractivity contribution in [1.29, 1.82) is 0 Å². The lowest BCUT2D eigenvalue weighted by Gasteiger charge is -2.29. The van der Waals surface area contributed by atoms with E-state index in [1.165, 1.54) is 11.1 Å². The lowest BCUT2D eigenvalue weighted by molar-refractivity contribution is -0.140. The van der Waals surface area contributed by atoms with Gasteiger partial charge in [0.1, 0.15) is 12.4 Å². The Morgan fingerprint density at radius 3 is 2.41 bits per heavy atom. The summed E-state index contributed by atoms with van der Waals surface area (Å²) in [7, 11) is 0. The second-order valence-electron chi connectivity index (χ2n) is 10.5. The van der Waals surface area contributed by atoms with Gasteiger partial charge in [-0.1, -0.05) is 13.8 Å². The first-order valence-corrected chi connectivity index (χ1v) is 13.7. The number of halogens is 3. The average Bonchev–Trinajstić information content (AvgIpc) is 3.29. The third kappa shape index (κ3) is 6.82. The Balaban J connectivity index is 1.59. The largest absolute Gasteiger partial charge is 0.492 e. The van der Waals surface area contributed by atoms with Crippen molar-refractivity contribution in [2.75, 3.05) is 46.0 Å². The number of alkyl halides is 3. The summed E-state index contributed by atoms with van der Waals surface area (Å²) in [5.41, 5.74) is -1.95. The van der Waals surface area contributed by atoms with Crippen LogP contribution in [0.2, 0.25) is 0 Å². The van der Waals surface area contributed by atoms with Crippen molar-refractivity contribution in [2.24, 2.45) is 0 Å². The number of nitrogens with zero attached hydrogens (tertiary/aromatic N) is 2. The number of hydrogen-bond acceptors (Lipinski definition) is 7. The van der Waals surface area contributed by atoms with Crippen LogP contribution in [-0.4, -0.2) is 73.8 Å². The van der Waals surface area contributed by atoms with Gasteiger partial charge in [-0.05, 0) is 38.1 Å². The standard InChI is InChI=1S/C28H33F3N2O5S/c1-18(2)38-26(35)21-15-33(17-27(3,4)24-23(21)22(16-39-24)28(29,30)31)25(34)19-5-7-20(8-6-19)37-14-11-32-9-12-36-13-10-32/h5-8,15-16,18H,9-14,17H2,1-4H3. The zero-order valence-corrected chi connectivity index (χ0v) is 23.3. The summed E-state index contributed by atoms with van der Waals surface area (Å²) >= 11 is 0.935. The third-order valence-corrected chi connectivity index (χ3v) is 7.88. The Bertz CT molecular complexity index is 1210. The summed E-state index contributed by atoms with van der Waals surface area (Å²) in [5, 5.41) is 1.03. The maximum atomic E-state index is 14.0. The quantitative estimate of drug-likeness (QED) is 0.429. The van der Waals surface area contributed by atoms with Crippen LogP contribution >= 0.6 is 11.3 Å². The van der Waals surface area contributed by atoms with Crippen molar-refractivity contribution < 1.29 is 37.0 Å². The van der Waals surface area contributed by atoms with Crippen molar-refractivity contribution in [3.63, 3.8) is 0 Å². The van der Waals surface area contributed by atoms with E-state index < -0.39 is 35.1 Å².